The number of halogens is 2. The first-order valence-corrected chi connectivity index (χ1v) is 4.01. The lowest BCUT2D eigenvalue weighted by Gasteiger charge is -2.13. The van der Waals surface area contributed by atoms with Gasteiger partial charge >= 0.3 is 6.61 Å². The Kier molecular flexibility index (Phi) is 4.42. The van der Waals surface area contributed by atoms with Gasteiger partial charge in [0.15, 0.2) is 0 Å². The first-order chi connectivity index (χ1) is 5.79. The molecule has 1 rings (SSSR count). The predicted octanol–water partition coefficient (Wildman–Crippen LogP) is 0.604. The molecule has 3 nitrogen and oxygen atoms in total. The van der Waals surface area contributed by atoms with Crippen LogP contribution in [0, 0.1) is 0 Å². The summed E-state index contributed by atoms with van der Waals surface area (Å²) in [5.41, 5.74) is 0. The third-order valence-corrected chi connectivity index (χ3v) is 1.68. The Labute approximate surface area is 70.0 Å². The summed E-state index contributed by atoms with van der Waals surface area (Å²) >= 11 is 0. The zero-order valence-corrected chi connectivity index (χ0v) is 6.76. The van der Waals surface area contributed by atoms with Gasteiger partial charge < -0.3 is 14.8 Å². The van der Waals surface area contributed by atoms with Gasteiger partial charge in [0.1, 0.15) is 0 Å². The van der Waals surface area contributed by atoms with Crippen LogP contribution >= 0.6 is 0 Å². The molecule has 1 aliphatic heterocycles. The molecule has 1 fully saturated rings. The standard InChI is InChI=1S/C7H13F2NO2/c8-7(9)12-5-6-1-2-10-3-4-11-6/h6-7,10H,1-5H2. The highest BCUT2D eigenvalue weighted by Crippen LogP contribution is 2.04. The Morgan fingerprint density at radius 1 is 1.50 bits per heavy atom. The van der Waals surface area contributed by atoms with Crippen molar-refractivity contribution in [3.05, 3.63) is 0 Å². The van der Waals surface area contributed by atoms with Crippen LogP contribution in [-0.4, -0.2) is 39.0 Å². The van der Waals surface area contributed by atoms with E-state index in [0.29, 0.717) is 6.61 Å². The Bertz CT molecular complexity index is 116. The van der Waals surface area contributed by atoms with Crippen molar-refractivity contribution < 1.29 is 18.3 Å². The highest BCUT2D eigenvalue weighted by atomic mass is 19.3. The second-order valence-corrected chi connectivity index (χ2v) is 2.63. The van der Waals surface area contributed by atoms with Gasteiger partial charge in [-0.15, -0.1) is 0 Å². The Balaban J connectivity index is 2.12. The smallest absolute Gasteiger partial charge is 0.345 e. The van der Waals surface area contributed by atoms with Crippen LogP contribution in [-0.2, 0) is 9.47 Å². The minimum Gasteiger partial charge on any atom is -0.374 e. The number of hydrogen-bond donors (Lipinski definition) is 1. The van der Waals surface area contributed by atoms with Gasteiger partial charge in [0.05, 0.1) is 19.3 Å². The molecule has 0 aromatic heterocycles. The number of nitrogens with one attached hydrogen (secondary N) is 1. The van der Waals surface area contributed by atoms with E-state index >= 15 is 0 Å². The monoisotopic (exact) mass is 181 g/mol. The summed E-state index contributed by atoms with van der Waals surface area (Å²) in [4.78, 5) is 0. The first-order valence-electron chi connectivity index (χ1n) is 4.01. The normalized spacial score (nSPS) is 25.8. The number of rotatable bonds is 3. The van der Waals surface area contributed by atoms with Crippen LogP contribution in [0.5, 0.6) is 0 Å². The van der Waals surface area contributed by atoms with Gasteiger partial charge in [-0.3, -0.25) is 0 Å². The lowest BCUT2D eigenvalue weighted by atomic mass is 10.3. The molecular formula is C7H13F2NO2. The molecule has 0 bridgehead atoms. The average Bonchev–Trinajstić information content (AvgIpc) is 2.28. The zero-order valence-electron chi connectivity index (χ0n) is 6.76. The van der Waals surface area contributed by atoms with Crippen LogP contribution in [0.1, 0.15) is 6.42 Å². The molecule has 0 spiro atoms. The Morgan fingerprint density at radius 3 is 3.08 bits per heavy atom. The van der Waals surface area contributed by atoms with Crippen LogP contribution in [0.25, 0.3) is 0 Å². The molecule has 1 N–H and O–H groups in total. The van der Waals surface area contributed by atoms with Gasteiger partial charge in [0, 0.05) is 6.54 Å². The van der Waals surface area contributed by atoms with Crippen LogP contribution in [0.2, 0.25) is 0 Å². The van der Waals surface area contributed by atoms with Crippen molar-refractivity contribution in [2.24, 2.45) is 0 Å². The molecule has 72 valence electrons. The minimum absolute atomic E-state index is 0.0145. The van der Waals surface area contributed by atoms with Gasteiger partial charge in [-0.1, -0.05) is 0 Å². The van der Waals surface area contributed by atoms with E-state index in [4.69, 9.17) is 4.74 Å². The van der Waals surface area contributed by atoms with Gasteiger partial charge in [-0.05, 0) is 13.0 Å². The van der Waals surface area contributed by atoms with Gasteiger partial charge in [0.2, 0.25) is 0 Å². The summed E-state index contributed by atoms with van der Waals surface area (Å²) in [6.45, 7) is -0.552. The van der Waals surface area contributed by atoms with Crippen molar-refractivity contribution in [2.75, 3.05) is 26.3 Å². The first kappa shape index (κ1) is 9.83. The van der Waals surface area contributed by atoms with E-state index in [1.807, 2.05) is 0 Å². The maximum atomic E-state index is 11.6. The van der Waals surface area contributed by atoms with Crippen LogP contribution in [0.4, 0.5) is 8.78 Å². The molecule has 5 heteroatoms. The molecule has 1 unspecified atom stereocenters. The lowest BCUT2D eigenvalue weighted by molar-refractivity contribution is -0.153. The molecule has 0 radical (unpaired) electrons. The fourth-order valence-corrected chi connectivity index (χ4v) is 1.08. The Hall–Kier alpha value is -0.260. The van der Waals surface area contributed by atoms with Crippen LogP contribution < -0.4 is 5.32 Å². The molecule has 1 aliphatic rings. The predicted molar refractivity (Wildman–Crippen MR) is 39.2 cm³/mol. The van der Waals surface area contributed by atoms with E-state index in [2.05, 4.69) is 10.1 Å². The summed E-state index contributed by atoms with van der Waals surface area (Å²) in [7, 11) is 0. The molecule has 0 aliphatic carbocycles. The molecule has 12 heavy (non-hydrogen) atoms. The van der Waals surface area contributed by atoms with Crippen molar-refractivity contribution in [3.63, 3.8) is 0 Å². The summed E-state index contributed by atoms with van der Waals surface area (Å²) in [5, 5.41) is 3.10. The summed E-state index contributed by atoms with van der Waals surface area (Å²) in [5.74, 6) is 0. The van der Waals surface area contributed by atoms with E-state index in [0.717, 1.165) is 19.5 Å². The molecule has 1 heterocycles. The van der Waals surface area contributed by atoms with Crippen LogP contribution in [0.15, 0.2) is 0 Å². The number of alkyl halides is 2. The van der Waals surface area contributed by atoms with E-state index in [1.54, 1.807) is 0 Å². The van der Waals surface area contributed by atoms with Crippen molar-refractivity contribution in [1.82, 2.24) is 5.32 Å². The van der Waals surface area contributed by atoms with E-state index in [-0.39, 0.29) is 12.7 Å². The quantitative estimate of drug-likeness (QED) is 0.691. The number of ether oxygens (including phenoxy) is 2. The van der Waals surface area contributed by atoms with Crippen molar-refractivity contribution in [3.8, 4) is 0 Å². The van der Waals surface area contributed by atoms with Crippen molar-refractivity contribution >= 4 is 0 Å². The second kappa shape index (κ2) is 5.40. The minimum atomic E-state index is -2.69. The molecular weight excluding hydrogens is 168 g/mol. The third kappa shape index (κ3) is 3.94. The molecule has 0 aromatic rings. The van der Waals surface area contributed by atoms with E-state index in [1.165, 1.54) is 0 Å². The zero-order chi connectivity index (χ0) is 8.81. The summed E-state index contributed by atoms with van der Waals surface area (Å²) < 4.78 is 32.6. The summed E-state index contributed by atoms with van der Waals surface area (Å²) in [6.07, 6.45) is 0.543. The largest absolute Gasteiger partial charge is 0.374 e. The molecule has 1 atom stereocenters. The van der Waals surface area contributed by atoms with Gasteiger partial charge in [-0.2, -0.15) is 8.78 Å². The van der Waals surface area contributed by atoms with Crippen LogP contribution in [0.3, 0.4) is 0 Å². The van der Waals surface area contributed by atoms with Gasteiger partial charge in [-0.25, -0.2) is 0 Å². The maximum absolute atomic E-state index is 11.6. The highest BCUT2D eigenvalue weighted by Gasteiger charge is 2.14. The molecule has 0 aromatic carbocycles. The SMILES string of the molecule is FC(F)OCC1CCNCCO1. The van der Waals surface area contributed by atoms with E-state index < -0.39 is 6.61 Å². The van der Waals surface area contributed by atoms with E-state index in [9.17, 15) is 8.78 Å². The topological polar surface area (TPSA) is 30.5 Å². The fourth-order valence-electron chi connectivity index (χ4n) is 1.08. The second-order valence-electron chi connectivity index (χ2n) is 2.63. The Morgan fingerprint density at radius 2 is 2.33 bits per heavy atom. The molecule has 0 amide bonds. The molecule has 0 saturated carbocycles. The average molecular weight is 181 g/mol. The summed E-state index contributed by atoms with van der Waals surface area (Å²) in [6, 6.07) is 0. The van der Waals surface area contributed by atoms with Crippen molar-refractivity contribution in [2.45, 2.75) is 19.1 Å². The lowest BCUT2D eigenvalue weighted by Crippen LogP contribution is -2.21. The van der Waals surface area contributed by atoms with Crippen molar-refractivity contribution in [1.29, 1.82) is 0 Å². The van der Waals surface area contributed by atoms with Gasteiger partial charge in [0.25, 0.3) is 0 Å². The third-order valence-electron chi connectivity index (χ3n) is 1.68. The molecule has 1 saturated heterocycles. The maximum Gasteiger partial charge on any atom is 0.345 e. The highest BCUT2D eigenvalue weighted by molar-refractivity contribution is 4.63. The number of hydrogen-bond acceptors (Lipinski definition) is 3. The fraction of sp³-hybridized carbons (Fsp3) is 1.00.